The molecular weight excluding hydrogens is 356 g/mol. The van der Waals surface area contributed by atoms with E-state index in [0.29, 0.717) is 6.04 Å². The minimum atomic E-state index is 0.361. The highest BCUT2D eigenvalue weighted by Crippen LogP contribution is 2.28. The first kappa shape index (κ1) is 18.2. The first-order valence-electron chi connectivity index (χ1n) is 9.50. The van der Waals surface area contributed by atoms with Gasteiger partial charge < -0.3 is 10.1 Å². The Morgan fingerprint density at radius 1 is 1.26 bits per heavy atom. The van der Waals surface area contributed by atoms with Gasteiger partial charge in [-0.05, 0) is 55.1 Å². The van der Waals surface area contributed by atoms with Crippen LogP contribution in [0.3, 0.4) is 0 Å². The molecule has 3 aromatic rings. The van der Waals surface area contributed by atoms with Crippen molar-refractivity contribution in [2.45, 2.75) is 25.4 Å². The van der Waals surface area contributed by atoms with E-state index in [1.165, 1.54) is 28.8 Å². The van der Waals surface area contributed by atoms with E-state index in [-0.39, 0.29) is 0 Å². The van der Waals surface area contributed by atoms with Crippen molar-refractivity contribution in [1.29, 1.82) is 0 Å². The van der Waals surface area contributed by atoms with Gasteiger partial charge in [0, 0.05) is 24.7 Å². The van der Waals surface area contributed by atoms with E-state index in [4.69, 9.17) is 4.74 Å². The molecule has 27 heavy (non-hydrogen) atoms. The summed E-state index contributed by atoms with van der Waals surface area (Å²) in [4.78, 5) is 3.81. The van der Waals surface area contributed by atoms with E-state index in [9.17, 15) is 0 Å². The first-order chi connectivity index (χ1) is 13.3. The molecule has 0 aliphatic carbocycles. The molecule has 1 fully saturated rings. The number of likely N-dealkylation sites (tertiary alicyclic amines) is 1. The molecule has 1 aromatic carbocycles. The number of H-pyrrole nitrogens is 1. The van der Waals surface area contributed by atoms with Gasteiger partial charge in [0.25, 0.3) is 0 Å². The third-order valence-corrected chi connectivity index (χ3v) is 6.09. The molecule has 142 valence electrons. The van der Waals surface area contributed by atoms with Gasteiger partial charge in [-0.25, -0.2) is 0 Å². The Morgan fingerprint density at radius 3 is 2.93 bits per heavy atom. The molecule has 2 aromatic heterocycles. The number of aromatic amines is 1. The van der Waals surface area contributed by atoms with E-state index in [1.807, 2.05) is 12.3 Å². The normalized spacial score (nSPS) is 15.9. The number of hydrogen-bond donors (Lipinski definition) is 2. The van der Waals surface area contributed by atoms with Crippen molar-refractivity contribution in [3.8, 4) is 16.3 Å². The molecule has 0 saturated carbocycles. The zero-order valence-corrected chi connectivity index (χ0v) is 16.5. The van der Waals surface area contributed by atoms with E-state index in [1.54, 1.807) is 18.4 Å². The lowest BCUT2D eigenvalue weighted by Crippen LogP contribution is -2.34. The van der Waals surface area contributed by atoms with Crippen molar-refractivity contribution in [3.05, 3.63) is 59.1 Å². The van der Waals surface area contributed by atoms with Gasteiger partial charge in [-0.2, -0.15) is 5.10 Å². The summed E-state index contributed by atoms with van der Waals surface area (Å²) in [7, 11) is 1.73. The second-order valence-electron chi connectivity index (χ2n) is 6.91. The maximum absolute atomic E-state index is 5.44. The van der Waals surface area contributed by atoms with Crippen LogP contribution in [0.5, 0.6) is 5.75 Å². The highest BCUT2D eigenvalue weighted by Gasteiger charge is 2.23. The van der Waals surface area contributed by atoms with Gasteiger partial charge in [0.2, 0.25) is 0 Å². The Kier molecular flexibility index (Phi) is 5.87. The van der Waals surface area contributed by atoms with Crippen LogP contribution in [-0.2, 0) is 6.54 Å². The molecule has 3 heterocycles. The Labute approximate surface area is 164 Å². The zero-order valence-electron chi connectivity index (χ0n) is 15.6. The fourth-order valence-corrected chi connectivity index (χ4v) is 4.54. The first-order valence-corrected chi connectivity index (χ1v) is 10.4. The lowest BCUT2D eigenvalue weighted by Gasteiger charge is -2.28. The van der Waals surface area contributed by atoms with Crippen LogP contribution in [0.2, 0.25) is 0 Å². The molecule has 1 saturated heterocycles. The summed E-state index contributed by atoms with van der Waals surface area (Å²) < 4.78 is 5.44. The van der Waals surface area contributed by atoms with Crippen LogP contribution in [-0.4, -0.2) is 41.8 Å². The Bertz CT molecular complexity index is 840. The van der Waals surface area contributed by atoms with Crippen molar-refractivity contribution in [2.24, 2.45) is 0 Å². The topological polar surface area (TPSA) is 53.2 Å². The number of aromatic nitrogens is 2. The Morgan fingerprint density at radius 2 is 2.15 bits per heavy atom. The molecule has 0 amide bonds. The summed E-state index contributed by atoms with van der Waals surface area (Å²) in [6, 6.07) is 13.0. The van der Waals surface area contributed by atoms with Crippen LogP contribution < -0.4 is 10.1 Å². The fourth-order valence-electron chi connectivity index (χ4n) is 3.78. The lowest BCUT2D eigenvalue weighted by atomic mass is 10.0. The summed E-state index contributed by atoms with van der Waals surface area (Å²) in [5.74, 6) is 0.923. The summed E-state index contributed by atoms with van der Waals surface area (Å²) in [5.41, 5.74) is 3.65. The number of nitrogens with one attached hydrogen (secondary N) is 2. The van der Waals surface area contributed by atoms with E-state index >= 15 is 0 Å². The maximum Gasteiger partial charge on any atom is 0.119 e. The maximum atomic E-state index is 5.44. The summed E-state index contributed by atoms with van der Waals surface area (Å²) in [6.07, 6.45) is 4.49. The van der Waals surface area contributed by atoms with Crippen LogP contribution in [0.25, 0.3) is 10.6 Å². The number of hydrogen-bond acceptors (Lipinski definition) is 5. The number of ether oxygens (including phenoxy) is 1. The SMILES string of the molecule is COc1cccc(C(CNCc2cn[nH]c2-c2cccs2)N2CCCC2)c1. The molecule has 1 aliphatic heterocycles. The minimum absolute atomic E-state index is 0.361. The number of benzene rings is 1. The molecule has 1 unspecified atom stereocenters. The second-order valence-corrected chi connectivity index (χ2v) is 7.86. The molecule has 1 aliphatic rings. The van der Waals surface area contributed by atoms with Gasteiger partial charge in [0.1, 0.15) is 5.75 Å². The Hall–Kier alpha value is -2.15. The van der Waals surface area contributed by atoms with Gasteiger partial charge in [0.05, 0.1) is 23.9 Å². The van der Waals surface area contributed by atoms with Crippen molar-refractivity contribution >= 4 is 11.3 Å². The van der Waals surface area contributed by atoms with E-state index in [0.717, 1.165) is 37.6 Å². The zero-order chi connectivity index (χ0) is 18.5. The van der Waals surface area contributed by atoms with Crippen molar-refractivity contribution in [1.82, 2.24) is 20.4 Å². The summed E-state index contributed by atoms with van der Waals surface area (Å²) in [5, 5.41) is 13.2. The van der Waals surface area contributed by atoms with Crippen LogP contribution in [0, 0.1) is 0 Å². The second kappa shape index (κ2) is 8.69. The average Bonchev–Trinajstić information content (AvgIpc) is 3.47. The molecule has 5 nitrogen and oxygen atoms in total. The molecule has 0 spiro atoms. The quantitative estimate of drug-likeness (QED) is 0.617. The highest BCUT2D eigenvalue weighted by molar-refractivity contribution is 7.13. The summed E-state index contributed by atoms with van der Waals surface area (Å²) in [6.45, 7) is 4.03. The van der Waals surface area contributed by atoms with Crippen LogP contribution >= 0.6 is 11.3 Å². The third kappa shape index (κ3) is 4.24. The van der Waals surface area contributed by atoms with Crippen molar-refractivity contribution in [2.75, 3.05) is 26.7 Å². The predicted molar refractivity (Wildman–Crippen MR) is 110 cm³/mol. The highest BCUT2D eigenvalue weighted by atomic mass is 32.1. The predicted octanol–water partition coefficient (Wildman–Crippen LogP) is 4.07. The van der Waals surface area contributed by atoms with Crippen LogP contribution in [0.4, 0.5) is 0 Å². The number of nitrogens with zero attached hydrogens (tertiary/aromatic N) is 2. The molecule has 1 atom stereocenters. The third-order valence-electron chi connectivity index (χ3n) is 5.20. The molecule has 0 bridgehead atoms. The van der Waals surface area contributed by atoms with Gasteiger partial charge in [-0.15, -0.1) is 11.3 Å². The van der Waals surface area contributed by atoms with Crippen molar-refractivity contribution in [3.63, 3.8) is 0 Å². The van der Waals surface area contributed by atoms with Crippen LogP contribution in [0.15, 0.2) is 48.0 Å². The van der Waals surface area contributed by atoms with E-state index in [2.05, 4.69) is 56.1 Å². The van der Waals surface area contributed by atoms with Crippen LogP contribution in [0.1, 0.15) is 30.0 Å². The Balaban J connectivity index is 1.46. The van der Waals surface area contributed by atoms with Gasteiger partial charge in [0.15, 0.2) is 0 Å². The largest absolute Gasteiger partial charge is 0.497 e. The van der Waals surface area contributed by atoms with Gasteiger partial charge in [-0.1, -0.05) is 18.2 Å². The standard InChI is InChI=1S/C21H26N4OS/c1-26-18-7-4-6-16(12-18)19(25-9-2-3-10-25)15-22-13-17-14-23-24-21(17)20-8-5-11-27-20/h4-8,11-12,14,19,22H,2-3,9-10,13,15H2,1H3,(H,23,24). The van der Waals surface area contributed by atoms with Gasteiger partial charge in [-0.3, -0.25) is 10.00 Å². The molecule has 4 rings (SSSR count). The monoisotopic (exact) mass is 382 g/mol. The molecule has 6 heteroatoms. The number of thiophene rings is 1. The average molecular weight is 383 g/mol. The number of rotatable bonds is 8. The fraction of sp³-hybridized carbons (Fsp3) is 0.381. The smallest absolute Gasteiger partial charge is 0.119 e. The lowest BCUT2D eigenvalue weighted by molar-refractivity contribution is 0.238. The minimum Gasteiger partial charge on any atom is -0.497 e. The molecule has 2 N–H and O–H groups in total. The van der Waals surface area contributed by atoms with Crippen molar-refractivity contribution < 1.29 is 4.74 Å². The van der Waals surface area contributed by atoms with Gasteiger partial charge >= 0.3 is 0 Å². The number of methoxy groups -OCH3 is 1. The molecule has 0 radical (unpaired) electrons. The summed E-state index contributed by atoms with van der Waals surface area (Å²) >= 11 is 1.73. The molecular formula is C21H26N4OS. The van der Waals surface area contributed by atoms with E-state index < -0.39 is 0 Å².